The molecule has 4 rings (SSSR count). The molecule has 132 valence electrons. The molecule has 25 heavy (non-hydrogen) atoms. The van der Waals surface area contributed by atoms with Crippen LogP contribution in [0.25, 0.3) is 0 Å². The van der Waals surface area contributed by atoms with Gasteiger partial charge in [-0.3, -0.25) is 9.89 Å². The number of rotatable bonds is 4. The number of amides is 1. The number of H-pyrrole nitrogens is 1. The summed E-state index contributed by atoms with van der Waals surface area (Å²) in [5, 5.41) is 6.62. The summed E-state index contributed by atoms with van der Waals surface area (Å²) >= 11 is 0. The van der Waals surface area contributed by atoms with Crippen LogP contribution in [-0.2, 0) is 4.74 Å². The Kier molecular flexibility index (Phi) is 4.21. The number of fused-ring (bicyclic) bond motifs is 1. The molecule has 0 spiro atoms. The summed E-state index contributed by atoms with van der Waals surface area (Å²) < 4.78 is 12.2. The van der Waals surface area contributed by atoms with E-state index in [9.17, 15) is 4.79 Å². The second kappa shape index (κ2) is 6.52. The summed E-state index contributed by atoms with van der Waals surface area (Å²) in [6, 6.07) is 11.5. The monoisotopic (exact) mass is 341 g/mol. The van der Waals surface area contributed by atoms with Crippen LogP contribution in [0.2, 0.25) is 0 Å². The van der Waals surface area contributed by atoms with Gasteiger partial charge in [0.15, 0.2) is 0 Å². The van der Waals surface area contributed by atoms with E-state index in [0.29, 0.717) is 24.8 Å². The molecule has 3 atom stereocenters. The van der Waals surface area contributed by atoms with Gasteiger partial charge in [-0.2, -0.15) is 5.10 Å². The minimum absolute atomic E-state index is 0.0186. The van der Waals surface area contributed by atoms with Crippen LogP contribution in [0.15, 0.2) is 42.6 Å². The van der Waals surface area contributed by atoms with E-state index in [1.54, 1.807) is 12.3 Å². The average Bonchev–Trinajstić information content (AvgIpc) is 3.27. The van der Waals surface area contributed by atoms with Crippen LogP contribution in [0.4, 0.5) is 0 Å². The summed E-state index contributed by atoms with van der Waals surface area (Å²) in [5.41, 5.74) is 0.241. The topological polar surface area (TPSA) is 67.5 Å². The number of hydrogen-bond acceptors (Lipinski definition) is 4. The number of aromatic amines is 1. The van der Waals surface area contributed by atoms with Gasteiger partial charge in [0.1, 0.15) is 23.7 Å². The third kappa shape index (κ3) is 3.39. The molecular weight excluding hydrogens is 318 g/mol. The summed E-state index contributed by atoms with van der Waals surface area (Å²) in [7, 11) is 0. The van der Waals surface area contributed by atoms with Crippen molar-refractivity contribution in [3.05, 3.63) is 48.3 Å². The lowest BCUT2D eigenvalue weighted by Crippen LogP contribution is -2.44. The molecule has 6 heteroatoms. The third-order valence-electron chi connectivity index (χ3n) is 5.10. The smallest absolute Gasteiger partial charge is 0.271 e. The Morgan fingerprint density at radius 1 is 1.40 bits per heavy atom. The van der Waals surface area contributed by atoms with Gasteiger partial charge in [-0.05, 0) is 38.0 Å². The van der Waals surface area contributed by atoms with Gasteiger partial charge in [-0.25, -0.2) is 0 Å². The number of hydrogen-bond donors (Lipinski definition) is 1. The molecule has 2 fully saturated rings. The first kappa shape index (κ1) is 16.1. The third-order valence-corrected chi connectivity index (χ3v) is 5.10. The van der Waals surface area contributed by atoms with Crippen LogP contribution in [0.3, 0.4) is 0 Å². The normalized spacial score (nSPS) is 28.6. The molecule has 1 N–H and O–H groups in total. The molecule has 0 unspecified atom stereocenters. The number of benzene rings is 1. The first-order valence-electron chi connectivity index (χ1n) is 8.77. The van der Waals surface area contributed by atoms with Gasteiger partial charge >= 0.3 is 0 Å². The van der Waals surface area contributed by atoms with Crippen LogP contribution in [0.1, 0.15) is 30.3 Å². The second-order valence-corrected chi connectivity index (χ2v) is 7.18. The van der Waals surface area contributed by atoms with E-state index in [2.05, 4.69) is 17.1 Å². The Morgan fingerprint density at radius 3 is 3.00 bits per heavy atom. The molecule has 0 aliphatic carbocycles. The lowest BCUT2D eigenvalue weighted by molar-refractivity contribution is -0.0675. The molecule has 6 nitrogen and oxygen atoms in total. The molecule has 1 amide bonds. The lowest BCUT2D eigenvalue weighted by Gasteiger charge is -2.33. The Morgan fingerprint density at radius 2 is 2.24 bits per heavy atom. The minimum atomic E-state index is -0.307. The van der Waals surface area contributed by atoms with Gasteiger partial charge in [0.05, 0.1) is 6.10 Å². The van der Waals surface area contributed by atoms with E-state index in [1.807, 2.05) is 35.2 Å². The van der Waals surface area contributed by atoms with Gasteiger partial charge in [0.2, 0.25) is 0 Å². The highest BCUT2D eigenvalue weighted by atomic mass is 16.6. The number of aromatic nitrogens is 2. The summed E-state index contributed by atoms with van der Waals surface area (Å²) in [6.07, 6.45) is 3.58. The number of ether oxygens (including phenoxy) is 2. The molecule has 0 radical (unpaired) electrons. The molecular formula is C19H23N3O3. The zero-order chi connectivity index (χ0) is 17.3. The first-order chi connectivity index (χ1) is 12.1. The van der Waals surface area contributed by atoms with E-state index in [-0.39, 0.29) is 17.6 Å². The average molecular weight is 341 g/mol. The van der Waals surface area contributed by atoms with Crippen molar-refractivity contribution >= 4 is 5.91 Å². The first-order valence-corrected chi connectivity index (χ1v) is 8.77. The zero-order valence-electron chi connectivity index (χ0n) is 14.4. The van der Waals surface area contributed by atoms with Crippen molar-refractivity contribution in [2.75, 3.05) is 19.7 Å². The molecule has 0 saturated carbocycles. The fourth-order valence-corrected chi connectivity index (χ4v) is 3.91. The predicted molar refractivity (Wildman–Crippen MR) is 92.4 cm³/mol. The molecule has 2 aliphatic rings. The van der Waals surface area contributed by atoms with E-state index >= 15 is 0 Å². The van der Waals surface area contributed by atoms with Crippen molar-refractivity contribution < 1.29 is 14.3 Å². The molecule has 0 bridgehead atoms. The fraction of sp³-hybridized carbons (Fsp3) is 0.474. The largest absolute Gasteiger partial charge is 0.491 e. The van der Waals surface area contributed by atoms with Crippen LogP contribution in [-0.4, -0.2) is 52.4 Å². The number of para-hydroxylation sites is 1. The summed E-state index contributed by atoms with van der Waals surface area (Å²) in [6.45, 7) is 4.08. The number of nitrogens with one attached hydrogen (secondary N) is 1. The second-order valence-electron chi connectivity index (χ2n) is 7.18. The van der Waals surface area contributed by atoms with E-state index in [4.69, 9.17) is 9.47 Å². The van der Waals surface area contributed by atoms with Crippen molar-refractivity contribution in [3.8, 4) is 5.75 Å². The Balaban J connectivity index is 1.37. The van der Waals surface area contributed by atoms with Crippen LogP contribution < -0.4 is 4.74 Å². The van der Waals surface area contributed by atoms with Crippen LogP contribution >= 0.6 is 0 Å². The number of piperidine rings is 1. The van der Waals surface area contributed by atoms with Crippen LogP contribution in [0, 0.1) is 5.92 Å². The quantitative estimate of drug-likeness (QED) is 0.928. The maximum Gasteiger partial charge on any atom is 0.271 e. The zero-order valence-corrected chi connectivity index (χ0v) is 14.4. The van der Waals surface area contributed by atoms with E-state index in [1.165, 1.54) is 0 Å². The highest BCUT2D eigenvalue weighted by Crippen LogP contribution is 2.39. The van der Waals surface area contributed by atoms with Gasteiger partial charge in [0, 0.05) is 25.2 Å². The molecule has 2 aliphatic heterocycles. The van der Waals surface area contributed by atoms with E-state index in [0.717, 1.165) is 25.1 Å². The molecule has 2 aromatic rings. The number of likely N-dealkylation sites (tertiary alicyclic amines) is 1. The summed E-state index contributed by atoms with van der Waals surface area (Å²) in [5.74, 6) is 1.23. The molecule has 1 aromatic heterocycles. The molecule has 2 saturated heterocycles. The molecule has 1 aromatic carbocycles. The maximum atomic E-state index is 12.5. The minimum Gasteiger partial charge on any atom is -0.491 e. The van der Waals surface area contributed by atoms with E-state index < -0.39 is 0 Å². The fourth-order valence-electron chi connectivity index (χ4n) is 3.91. The highest BCUT2D eigenvalue weighted by molar-refractivity contribution is 5.92. The Labute approximate surface area is 147 Å². The van der Waals surface area contributed by atoms with Crippen molar-refractivity contribution in [2.24, 2.45) is 5.92 Å². The highest BCUT2D eigenvalue weighted by Gasteiger charge is 2.46. The van der Waals surface area contributed by atoms with Crippen molar-refractivity contribution in [1.29, 1.82) is 0 Å². The Hall–Kier alpha value is -2.34. The SMILES string of the molecule is C[C@]1(COc2ccccc2)C[C@@H]2CN(C(=O)c3ccn[nH]3)CC[C@@H]2O1. The van der Waals surface area contributed by atoms with Gasteiger partial charge < -0.3 is 14.4 Å². The van der Waals surface area contributed by atoms with Crippen LogP contribution in [0.5, 0.6) is 5.75 Å². The maximum absolute atomic E-state index is 12.5. The van der Waals surface area contributed by atoms with Crippen molar-refractivity contribution in [1.82, 2.24) is 15.1 Å². The predicted octanol–water partition coefficient (Wildman–Crippen LogP) is 2.50. The summed E-state index contributed by atoms with van der Waals surface area (Å²) in [4.78, 5) is 14.4. The number of carbonyl (C=O) groups excluding carboxylic acids is 1. The standard InChI is InChI=1S/C19H23N3O3/c1-19(13-24-15-5-3-2-4-6-15)11-14-12-22(10-8-17(14)25-19)18(23)16-7-9-20-21-16/h2-7,9,14,17H,8,10-13H2,1H3,(H,20,21)/t14-,17+,19-/m1/s1. The number of nitrogens with zero attached hydrogens (tertiary/aromatic N) is 2. The van der Waals surface area contributed by atoms with Crippen molar-refractivity contribution in [2.45, 2.75) is 31.5 Å². The lowest BCUT2D eigenvalue weighted by atomic mass is 9.89. The van der Waals surface area contributed by atoms with Crippen molar-refractivity contribution in [3.63, 3.8) is 0 Å². The van der Waals surface area contributed by atoms with Gasteiger partial charge in [0.25, 0.3) is 5.91 Å². The molecule has 3 heterocycles. The van der Waals surface area contributed by atoms with Gasteiger partial charge in [-0.15, -0.1) is 0 Å². The van der Waals surface area contributed by atoms with Gasteiger partial charge in [-0.1, -0.05) is 18.2 Å². The number of carbonyl (C=O) groups is 1. The Bertz CT molecular complexity index is 719.